The van der Waals surface area contributed by atoms with E-state index in [-0.39, 0.29) is 22.9 Å². The quantitative estimate of drug-likeness (QED) is 0.615. The summed E-state index contributed by atoms with van der Waals surface area (Å²) in [6, 6.07) is 3.89. The summed E-state index contributed by atoms with van der Waals surface area (Å²) >= 11 is 0. The molecule has 4 bridgehead atoms. The first kappa shape index (κ1) is 17.1. The van der Waals surface area contributed by atoms with E-state index >= 15 is 0 Å². The van der Waals surface area contributed by atoms with E-state index in [1.54, 1.807) is 0 Å². The third-order valence-corrected chi connectivity index (χ3v) is 6.43. The van der Waals surface area contributed by atoms with E-state index in [1.165, 1.54) is 63.8 Å². The molecule has 1 aromatic carbocycles. The van der Waals surface area contributed by atoms with Gasteiger partial charge >= 0.3 is 6.03 Å². The van der Waals surface area contributed by atoms with Crippen molar-refractivity contribution in [1.82, 2.24) is 5.32 Å². The molecule has 140 valence electrons. The first-order valence-electron chi connectivity index (χ1n) is 9.34. The molecule has 4 fully saturated rings. The Kier molecular flexibility index (Phi) is 4.25. The number of anilines is 1. The number of nitro groups is 1. The standard InChI is InChI=1S/C19H25N3O4/c1-26-17-7-15(22(24)25)2-3-16(17)21-18(23)20-11-19-8-12-4-13(9-19)6-14(5-12)10-19/h2-3,7,12-14H,4-6,8-11H2,1H3,(H2,20,21,23). The lowest BCUT2D eigenvalue weighted by molar-refractivity contribution is -0.384. The van der Waals surface area contributed by atoms with Crippen molar-refractivity contribution < 1.29 is 14.5 Å². The maximum atomic E-state index is 12.4. The van der Waals surface area contributed by atoms with E-state index in [2.05, 4.69) is 10.6 Å². The molecule has 4 aliphatic rings. The molecule has 26 heavy (non-hydrogen) atoms. The zero-order chi connectivity index (χ0) is 18.3. The van der Waals surface area contributed by atoms with Crippen LogP contribution >= 0.6 is 0 Å². The summed E-state index contributed by atoms with van der Waals surface area (Å²) in [6.45, 7) is 0.706. The van der Waals surface area contributed by atoms with E-state index in [9.17, 15) is 14.9 Å². The fourth-order valence-electron chi connectivity index (χ4n) is 5.84. The van der Waals surface area contributed by atoms with Crippen LogP contribution < -0.4 is 15.4 Å². The third kappa shape index (κ3) is 3.22. The normalized spacial score (nSPS) is 31.5. The molecular formula is C19H25N3O4. The van der Waals surface area contributed by atoms with Crippen molar-refractivity contribution in [3.8, 4) is 5.75 Å². The molecule has 5 rings (SSSR count). The Morgan fingerprint density at radius 3 is 2.38 bits per heavy atom. The minimum absolute atomic E-state index is 0.0682. The minimum atomic E-state index is -0.487. The predicted molar refractivity (Wildman–Crippen MR) is 97.3 cm³/mol. The number of nitrogens with zero attached hydrogens (tertiary/aromatic N) is 1. The smallest absolute Gasteiger partial charge is 0.319 e. The van der Waals surface area contributed by atoms with Crippen LogP contribution in [0.2, 0.25) is 0 Å². The van der Waals surface area contributed by atoms with Crippen molar-refractivity contribution in [1.29, 1.82) is 0 Å². The molecule has 0 heterocycles. The molecule has 1 aromatic rings. The lowest BCUT2D eigenvalue weighted by Crippen LogP contribution is -2.51. The number of amides is 2. The van der Waals surface area contributed by atoms with Gasteiger partial charge in [0, 0.05) is 12.6 Å². The summed E-state index contributed by atoms with van der Waals surface area (Å²) in [5.41, 5.74) is 0.633. The molecule has 0 atom stereocenters. The molecule has 0 aliphatic heterocycles. The van der Waals surface area contributed by atoms with Gasteiger partial charge in [0.05, 0.1) is 23.8 Å². The van der Waals surface area contributed by atoms with Crippen LogP contribution in [0.3, 0.4) is 0 Å². The molecule has 7 heteroatoms. The Morgan fingerprint density at radius 1 is 1.23 bits per heavy atom. The molecule has 7 nitrogen and oxygen atoms in total. The third-order valence-electron chi connectivity index (χ3n) is 6.43. The van der Waals surface area contributed by atoms with Gasteiger partial charge in [-0.2, -0.15) is 0 Å². The van der Waals surface area contributed by atoms with E-state index < -0.39 is 4.92 Å². The van der Waals surface area contributed by atoms with Gasteiger partial charge in [0.15, 0.2) is 0 Å². The molecule has 0 saturated heterocycles. The van der Waals surface area contributed by atoms with Crippen molar-refractivity contribution in [2.24, 2.45) is 23.2 Å². The molecule has 0 aromatic heterocycles. The molecule has 4 saturated carbocycles. The van der Waals surface area contributed by atoms with Crippen LogP contribution in [0.25, 0.3) is 0 Å². The first-order chi connectivity index (χ1) is 12.5. The van der Waals surface area contributed by atoms with E-state index in [1.807, 2.05) is 0 Å². The van der Waals surface area contributed by atoms with Crippen molar-refractivity contribution >= 4 is 17.4 Å². The average molecular weight is 359 g/mol. The number of non-ortho nitro benzene ring substituents is 1. The highest BCUT2D eigenvalue weighted by Crippen LogP contribution is 2.59. The van der Waals surface area contributed by atoms with E-state index in [4.69, 9.17) is 4.74 Å². The molecule has 2 N–H and O–H groups in total. The highest BCUT2D eigenvalue weighted by molar-refractivity contribution is 5.91. The number of methoxy groups -OCH3 is 1. The van der Waals surface area contributed by atoms with Gasteiger partial charge < -0.3 is 15.4 Å². The number of nitro benzene ring substituents is 1. The number of benzene rings is 1. The first-order valence-corrected chi connectivity index (χ1v) is 9.34. The van der Waals surface area contributed by atoms with Gasteiger partial charge in [0.25, 0.3) is 5.69 Å². The minimum Gasteiger partial charge on any atom is -0.494 e. The van der Waals surface area contributed by atoms with Crippen LogP contribution in [0, 0.1) is 33.3 Å². The maximum absolute atomic E-state index is 12.4. The number of ether oxygens (including phenoxy) is 1. The summed E-state index contributed by atoms with van der Waals surface area (Å²) in [6.07, 6.45) is 7.85. The number of hydrogen-bond acceptors (Lipinski definition) is 4. The molecule has 0 unspecified atom stereocenters. The molecular weight excluding hydrogens is 334 g/mol. The number of urea groups is 1. The predicted octanol–water partition coefficient (Wildman–Crippen LogP) is 3.94. The number of carbonyl (C=O) groups is 1. The highest BCUT2D eigenvalue weighted by Gasteiger charge is 2.50. The van der Waals surface area contributed by atoms with Gasteiger partial charge in [-0.15, -0.1) is 0 Å². The summed E-state index contributed by atoms with van der Waals surface area (Å²) in [7, 11) is 1.43. The summed E-state index contributed by atoms with van der Waals surface area (Å²) in [5, 5.41) is 16.7. The van der Waals surface area contributed by atoms with Crippen LogP contribution in [0.4, 0.5) is 16.2 Å². The second-order valence-electron chi connectivity index (χ2n) is 8.37. The summed E-state index contributed by atoms with van der Waals surface area (Å²) in [5.74, 6) is 2.83. The van der Waals surface area contributed by atoms with Crippen molar-refractivity contribution in [3.63, 3.8) is 0 Å². The van der Waals surface area contributed by atoms with E-state index in [0.717, 1.165) is 17.8 Å². The summed E-state index contributed by atoms with van der Waals surface area (Å²) < 4.78 is 5.17. The lowest BCUT2D eigenvalue weighted by atomic mass is 9.49. The number of hydrogen-bond donors (Lipinski definition) is 2. The molecule has 0 radical (unpaired) electrons. The molecule has 0 spiro atoms. The lowest BCUT2D eigenvalue weighted by Gasteiger charge is -2.56. The van der Waals surface area contributed by atoms with Gasteiger partial charge in [-0.1, -0.05) is 0 Å². The Bertz CT molecular complexity index is 698. The fourth-order valence-corrected chi connectivity index (χ4v) is 5.84. The second-order valence-corrected chi connectivity index (χ2v) is 8.37. The van der Waals surface area contributed by atoms with E-state index in [0.29, 0.717) is 12.2 Å². The van der Waals surface area contributed by atoms with Gasteiger partial charge in [-0.3, -0.25) is 10.1 Å². The zero-order valence-electron chi connectivity index (χ0n) is 15.0. The van der Waals surface area contributed by atoms with Crippen LogP contribution in [-0.4, -0.2) is 24.6 Å². The highest BCUT2D eigenvalue weighted by atomic mass is 16.6. The zero-order valence-corrected chi connectivity index (χ0v) is 15.0. The summed E-state index contributed by atoms with van der Waals surface area (Å²) in [4.78, 5) is 22.8. The van der Waals surface area contributed by atoms with Gasteiger partial charge in [0.1, 0.15) is 5.75 Å². The molecule has 2 amide bonds. The topological polar surface area (TPSA) is 93.5 Å². The Labute approximate surface area is 152 Å². The maximum Gasteiger partial charge on any atom is 0.319 e. The van der Waals surface area contributed by atoms with Gasteiger partial charge in [-0.25, -0.2) is 4.79 Å². The fraction of sp³-hybridized carbons (Fsp3) is 0.632. The Balaban J connectivity index is 1.38. The van der Waals surface area contributed by atoms with Crippen molar-refractivity contribution in [2.75, 3.05) is 19.0 Å². The van der Waals surface area contributed by atoms with Crippen LogP contribution in [0.1, 0.15) is 38.5 Å². The monoisotopic (exact) mass is 359 g/mol. The van der Waals surface area contributed by atoms with Gasteiger partial charge in [-0.05, 0) is 67.8 Å². The van der Waals surface area contributed by atoms with Gasteiger partial charge in [0.2, 0.25) is 0 Å². The number of carbonyl (C=O) groups excluding carboxylic acids is 1. The largest absolute Gasteiger partial charge is 0.494 e. The van der Waals surface area contributed by atoms with Crippen LogP contribution in [0.15, 0.2) is 18.2 Å². The molecule has 4 aliphatic carbocycles. The average Bonchev–Trinajstić information content (AvgIpc) is 2.59. The van der Waals surface area contributed by atoms with Crippen LogP contribution in [-0.2, 0) is 0 Å². The van der Waals surface area contributed by atoms with Crippen molar-refractivity contribution in [3.05, 3.63) is 28.3 Å². The SMILES string of the molecule is COc1cc([N+](=O)[O-])ccc1NC(=O)NCC12CC3CC(CC(C3)C1)C2. The Morgan fingerprint density at radius 2 is 1.85 bits per heavy atom. The van der Waals surface area contributed by atoms with Crippen molar-refractivity contribution in [2.45, 2.75) is 38.5 Å². The number of nitrogens with one attached hydrogen (secondary N) is 2. The van der Waals surface area contributed by atoms with Crippen LogP contribution in [0.5, 0.6) is 5.75 Å². The Hall–Kier alpha value is -2.31. The second kappa shape index (κ2) is 6.45. The number of rotatable bonds is 5.